The molecule has 1 amide bonds. The molecule has 1 aromatic heterocycles. The van der Waals surface area contributed by atoms with Crippen molar-refractivity contribution in [2.45, 2.75) is 58.0 Å². The lowest BCUT2D eigenvalue weighted by molar-refractivity contribution is -0.138. The molecule has 0 radical (unpaired) electrons. The van der Waals surface area contributed by atoms with E-state index >= 15 is 0 Å². The number of carbonyl (C=O) groups is 1. The zero-order chi connectivity index (χ0) is 17.9. The average molecular weight is 449 g/mol. The predicted octanol–water partition coefficient (Wildman–Crippen LogP) is 3.50. The highest BCUT2D eigenvalue weighted by atomic mass is 35.5. The molecule has 2 aliphatic heterocycles. The molecule has 0 unspecified atom stereocenters. The number of rotatable bonds is 6. The molecule has 4 rings (SSSR count). The number of carbonyl (C=O) groups excluding carboxylic acids is 1. The Morgan fingerprint density at radius 1 is 1.11 bits per heavy atom. The first kappa shape index (κ1) is 23.9. The van der Waals surface area contributed by atoms with E-state index in [-0.39, 0.29) is 30.7 Å². The first-order chi connectivity index (χ1) is 12.7. The minimum Gasteiger partial charge on any atom is -0.342 e. The number of nitrogens with one attached hydrogen (secondary N) is 1. The number of aryl methyl sites for hydroxylation is 1. The molecule has 0 bridgehead atoms. The minimum atomic E-state index is 0. The third kappa shape index (κ3) is 6.56. The van der Waals surface area contributed by atoms with E-state index in [0.717, 1.165) is 69.3 Å². The number of thiazole rings is 1. The maximum Gasteiger partial charge on any atom is 0.225 e. The van der Waals surface area contributed by atoms with Gasteiger partial charge < -0.3 is 10.2 Å². The number of nitrogens with zero attached hydrogens (tertiary/aromatic N) is 3. The molecular weight excluding hydrogens is 415 g/mol. The van der Waals surface area contributed by atoms with Gasteiger partial charge in [-0.05, 0) is 71.0 Å². The lowest BCUT2D eigenvalue weighted by Crippen LogP contribution is -2.48. The summed E-state index contributed by atoms with van der Waals surface area (Å²) in [6, 6.07) is 0.628. The van der Waals surface area contributed by atoms with Crippen molar-refractivity contribution in [2.24, 2.45) is 11.8 Å². The summed E-state index contributed by atoms with van der Waals surface area (Å²) < 4.78 is 0. The van der Waals surface area contributed by atoms with Crippen LogP contribution in [0.1, 0.15) is 49.2 Å². The predicted molar refractivity (Wildman–Crippen MR) is 120 cm³/mol. The van der Waals surface area contributed by atoms with Gasteiger partial charge in [0.2, 0.25) is 5.91 Å². The molecule has 1 N–H and O–H groups in total. The van der Waals surface area contributed by atoms with Gasteiger partial charge in [-0.1, -0.05) is 0 Å². The quantitative estimate of drug-likeness (QED) is 0.722. The Balaban J connectivity index is 0.00000140. The van der Waals surface area contributed by atoms with E-state index < -0.39 is 0 Å². The SMILES string of the molecule is Cc1nc(CN2CCC(C(=O)N3CCC(NCC4CC4)CC3)CC2)cs1.Cl.Cl. The van der Waals surface area contributed by atoms with Gasteiger partial charge in [0.05, 0.1) is 10.7 Å². The van der Waals surface area contributed by atoms with Crippen LogP contribution in [0.25, 0.3) is 0 Å². The second-order valence-corrected chi connectivity index (χ2v) is 9.42. The van der Waals surface area contributed by atoms with Crippen LogP contribution in [0.2, 0.25) is 0 Å². The van der Waals surface area contributed by atoms with Crippen LogP contribution in [0.4, 0.5) is 0 Å². The third-order valence-electron chi connectivity index (χ3n) is 6.19. The standard InChI is InChI=1S/C20H32N4OS.2ClH/c1-15-22-19(14-26-15)13-23-8-4-17(5-9-23)20(25)24-10-6-18(7-11-24)21-12-16-2-3-16;;/h14,16-18,21H,2-13H2,1H3;2*1H. The van der Waals surface area contributed by atoms with Crippen molar-refractivity contribution in [3.8, 4) is 0 Å². The Morgan fingerprint density at radius 3 is 2.36 bits per heavy atom. The summed E-state index contributed by atoms with van der Waals surface area (Å²) in [5.74, 6) is 1.59. The van der Waals surface area contributed by atoms with Gasteiger partial charge in [0, 0.05) is 37.0 Å². The molecule has 0 aromatic carbocycles. The van der Waals surface area contributed by atoms with Crippen LogP contribution in [-0.2, 0) is 11.3 Å². The summed E-state index contributed by atoms with van der Waals surface area (Å²) in [7, 11) is 0. The van der Waals surface area contributed by atoms with Crippen LogP contribution in [0.15, 0.2) is 5.38 Å². The van der Waals surface area contributed by atoms with Crippen molar-refractivity contribution in [1.29, 1.82) is 0 Å². The molecule has 3 aliphatic rings. The van der Waals surface area contributed by atoms with Gasteiger partial charge in [0.15, 0.2) is 0 Å². The van der Waals surface area contributed by atoms with E-state index in [2.05, 4.69) is 32.4 Å². The Bertz CT molecular complexity index is 609. The normalized spacial score (nSPS) is 21.8. The topological polar surface area (TPSA) is 48.5 Å². The maximum absolute atomic E-state index is 12.9. The summed E-state index contributed by atoms with van der Waals surface area (Å²) >= 11 is 1.72. The summed E-state index contributed by atoms with van der Waals surface area (Å²) in [5, 5.41) is 7.00. The van der Waals surface area contributed by atoms with Crippen molar-refractivity contribution in [3.05, 3.63) is 16.1 Å². The number of hydrogen-bond donors (Lipinski definition) is 1. The molecule has 1 aromatic rings. The fourth-order valence-electron chi connectivity index (χ4n) is 4.27. The highest BCUT2D eigenvalue weighted by Gasteiger charge is 2.31. The van der Waals surface area contributed by atoms with Gasteiger partial charge >= 0.3 is 0 Å². The first-order valence-corrected chi connectivity index (χ1v) is 11.2. The van der Waals surface area contributed by atoms with Crippen molar-refractivity contribution in [2.75, 3.05) is 32.7 Å². The van der Waals surface area contributed by atoms with E-state index in [9.17, 15) is 4.79 Å². The highest BCUT2D eigenvalue weighted by molar-refractivity contribution is 7.09. The maximum atomic E-state index is 12.9. The lowest BCUT2D eigenvalue weighted by atomic mass is 9.93. The van der Waals surface area contributed by atoms with Crippen molar-refractivity contribution < 1.29 is 4.79 Å². The second kappa shape index (κ2) is 11.1. The van der Waals surface area contributed by atoms with Crippen LogP contribution < -0.4 is 5.32 Å². The van der Waals surface area contributed by atoms with Gasteiger partial charge in [0.1, 0.15) is 0 Å². The molecule has 160 valence electrons. The van der Waals surface area contributed by atoms with Gasteiger partial charge in [-0.2, -0.15) is 0 Å². The Kier molecular flexibility index (Phi) is 9.48. The largest absolute Gasteiger partial charge is 0.342 e. The number of hydrogen-bond acceptors (Lipinski definition) is 5. The average Bonchev–Trinajstić information content (AvgIpc) is 3.41. The van der Waals surface area contributed by atoms with E-state index in [4.69, 9.17) is 0 Å². The van der Waals surface area contributed by atoms with E-state index in [1.165, 1.54) is 25.1 Å². The number of aromatic nitrogens is 1. The fourth-order valence-corrected chi connectivity index (χ4v) is 4.87. The molecule has 2 saturated heterocycles. The van der Waals surface area contributed by atoms with E-state index in [1.54, 1.807) is 11.3 Å². The molecule has 28 heavy (non-hydrogen) atoms. The molecule has 5 nitrogen and oxygen atoms in total. The number of halogens is 2. The van der Waals surface area contributed by atoms with Gasteiger partial charge in [-0.15, -0.1) is 36.2 Å². The van der Waals surface area contributed by atoms with E-state index in [1.807, 2.05) is 0 Å². The minimum absolute atomic E-state index is 0. The summed E-state index contributed by atoms with van der Waals surface area (Å²) in [6.45, 7) is 8.11. The summed E-state index contributed by atoms with van der Waals surface area (Å²) in [6.07, 6.45) is 7.07. The smallest absolute Gasteiger partial charge is 0.225 e. The van der Waals surface area contributed by atoms with Crippen LogP contribution in [-0.4, -0.2) is 59.5 Å². The lowest BCUT2D eigenvalue weighted by Gasteiger charge is -2.37. The third-order valence-corrected chi connectivity index (χ3v) is 7.01. The first-order valence-electron chi connectivity index (χ1n) is 10.3. The Labute approximate surface area is 185 Å². The van der Waals surface area contributed by atoms with Gasteiger partial charge in [-0.3, -0.25) is 9.69 Å². The second-order valence-electron chi connectivity index (χ2n) is 8.36. The highest BCUT2D eigenvalue weighted by Crippen LogP contribution is 2.28. The van der Waals surface area contributed by atoms with Gasteiger partial charge in [0.25, 0.3) is 0 Å². The van der Waals surface area contributed by atoms with Crippen LogP contribution in [0, 0.1) is 18.8 Å². The van der Waals surface area contributed by atoms with Crippen molar-refractivity contribution >= 4 is 42.1 Å². The monoisotopic (exact) mass is 448 g/mol. The zero-order valence-corrected chi connectivity index (χ0v) is 19.2. The molecule has 8 heteroatoms. The van der Waals surface area contributed by atoms with Crippen molar-refractivity contribution in [1.82, 2.24) is 20.1 Å². The van der Waals surface area contributed by atoms with E-state index in [0.29, 0.717) is 11.9 Å². The number of amides is 1. The van der Waals surface area contributed by atoms with Crippen LogP contribution >= 0.6 is 36.2 Å². The zero-order valence-electron chi connectivity index (χ0n) is 16.8. The molecular formula is C20H34Cl2N4OS. The van der Waals surface area contributed by atoms with Crippen LogP contribution in [0.5, 0.6) is 0 Å². The summed E-state index contributed by atoms with van der Waals surface area (Å²) in [5.41, 5.74) is 1.18. The van der Waals surface area contributed by atoms with Crippen molar-refractivity contribution in [3.63, 3.8) is 0 Å². The molecule has 1 saturated carbocycles. The number of likely N-dealkylation sites (tertiary alicyclic amines) is 2. The van der Waals surface area contributed by atoms with Crippen LogP contribution in [0.3, 0.4) is 0 Å². The molecule has 1 aliphatic carbocycles. The number of piperidine rings is 2. The Morgan fingerprint density at radius 2 is 1.79 bits per heavy atom. The van der Waals surface area contributed by atoms with Gasteiger partial charge in [-0.25, -0.2) is 4.98 Å². The summed E-state index contributed by atoms with van der Waals surface area (Å²) in [4.78, 5) is 22.0. The molecule has 0 atom stereocenters. The Hall–Kier alpha value is -0.400. The molecule has 0 spiro atoms. The molecule has 3 fully saturated rings. The molecule has 3 heterocycles. The fraction of sp³-hybridized carbons (Fsp3) is 0.800.